The zero-order chi connectivity index (χ0) is 23.0. The average molecular weight is 562 g/mol. The second-order valence-corrected chi connectivity index (χ2v) is 9.41. The maximum atomic E-state index is 14.2. The molecule has 3 rings (SSSR count). The molecule has 0 saturated carbocycles. The molecule has 3 heterocycles. The third kappa shape index (κ3) is 7.08. The average Bonchev–Trinajstić information content (AvgIpc) is 2.92. The van der Waals surface area contributed by atoms with Crippen LogP contribution in [0.2, 0.25) is 0 Å². The Hall–Kier alpha value is -1.85. The monoisotopic (exact) mass is 560 g/mol. The van der Waals surface area contributed by atoms with E-state index in [2.05, 4.69) is 9.97 Å². The molecule has 0 bridgehead atoms. The molecule has 0 radical (unpaired) electrons. The fraction of sp³-hybridized carbons (Fsp3) is 0.333. The first-order valence-electron chi connectivity index (χ1n) is 9.48. The Kier molecular flexibility index (Phi) is 11.5. The lowest BCUT2D eigenvalue weighted by atomic mass is 10.1. The van der Waals surface area contributed by atoms with E-state index in [1.807, 2.05) is 0 Å². The molecule has 0 saturated heterocycles. The first-order valence-corrected chi connectivity index (χ1v) is 11.4. The molecule has 0 spiro atoms. The smallest absolute Gasteiger partial charge is 0.286 e. The quantitative estimate of drug-likeness (QED) is 0.442. The van der Waals surface area contributed by atoms with Crippen molar-refractivity contribution in [2.45, 2.75) is 37.8 Å². The molecule has 3 aromatic rings. The summed E-state index contributed by atoms with van der Waals surface area (Å²) < 4.78 is 66.9. The van der Waals surface area contributed by atoms with Crippen molar-refractivity contribution in [3.05, 3.63) is 64.9 Å². The summed E-state index contributed by atoms with van der Waals surface area (Å²) in [4.78, 5) is 8.15. The number of aromatic nitrogens is 3. The van der Waals surface area contributed by atoms with E-state index < -0.39 is 21.6 Å². The lowest BCUT2D eigenvalue weighted by Crippen LogP contribution is -2.09. The Morgan fingerprint density at radius 3 is 2.32 bits per heavy atom. The zero-order valence-electron chi connectivity index (χ0n) is 18.6. The minimum Gasteiger partial charge on any atom is -0.336 e. The van der Waals surface area contributed by atoms with Crippen molar-refractivity contribution in [1.29, 1.82) is 0 Å². The number of alkyl halides is 2. The normalized spacial score (nSPS) is 12.0. The van der Waals surface area contributed by atoms with E-state index >= 15 is 0 Å². The Bertz CT molecular complexity index is 1260. The molecule has 0 aliphatic rings. The zero-order valence-corrected chi connectivity index (χ0v) is 21.9. The van der Waals surface area contributed by atoms with Crippen LogP contribution in [0.15, 0.2) is 47.4 Å². The highest BCUT2D eigenvalue weighted by Crippen LogP contribution is 2.32. The van der Waals surface area contributed by atoms with E-state index in [9.17, 15) is 21.6 Å². The van der Waals surface area contributed by atoms with Gasteiger partial charge in [-0.1, -0.05) is 6.07 Å². The number of rotatable bonds is 7. The summed E-state index contributed by atoms with van der Waals surface area (Å²) in [6, 6.07) is 5.74. The number of nitrogens with two attached hydrogens (primary N) is 1. The Balaban J connectivity index is 0.00000363. The minimum atomic E-state index is -3.44. The van der Waals surface area contributed by atoms with Crippen LogP contribution in [0.1, 0.15) is 29.4 Å². The minimum absolute atomic E-state index is 0. The van der Waals surface area contributed by atoms with Gasteiger partial charge < -0.3 is 10.3 Å². The molecule has 0 unspecified atom stereocenters. The van der Waals surface area contributed by atoms with Crippen LogP contribution < -0.4 is 5.73 Å². The SMILES string of the molecule is Cc1c(Cc2ccc(S(C)(=O)=O)nc2)c2nc(C(C)(F)F)ccc2n1C/C(F)=C/CN.Cl.Cl.Cl. The number of sulfone groups is 1. The second-order valence-electron chi connectivity index (χ2n) is 7.44. The van der Waals surface area contributed by atoms with Gasteiger partial charge in [0.25, 0.3) is 5.92 Å². The molecule has 3 aromatic heterocycles. The summed E-state index contributed by atoms with van der Waals surface area (Å²) in [5.41, 5.74) is 7.81. The van der Waals surface area contributed by atoms with Gasteiger partial charge in [0.1, 0.15) is 11.5 Å². The van der Waals surface area contributed by atoms with Gasteiger partial charge in [0.15, 0.2) is 14.9 Å². The van der Waals surface area contributed by atoms with Crippen molar-refractivity contribution in [3.8, 4) is 0 Å². The fourth-order valence-electron chi connectivity index (χ4n) is 3.35. The van der Waals surface area contributed by atoms with Gasteiger partial charge >= 0.3 is 0 Å². The number of hydrogen-bond acceptors (Lipinski definition) is 5. The van der Waals surface area contributed by atoms with Crippen LogP contribution in [-0.4, -0.2) is 35.8 Å². The van der Waals surface area contributed by atoms with Gasteiger partial charge in [-0.3, -0.25) is 0 Å². The van der Waals surface area contributed by atoms with E-state index in [4.69, 9.17) is 5.73 Å². The third-order valence-electron chi connectivity index (χ3n) is 4.95. The molecular formula is C21H26Cl3F3N4O2S. The summed E-state index contributed by atoms with van der Waals surface area (Å²) >= 11 is 0. The van der Waals surface area contributed by atoms with Gasteiger partial charge in [0, 0.05) is 43.6 Å². The molecule has 0 amide bonds. The van der Waals surface area contributed by atoms with Crippen LogP contribution in [0.4, 0.5) is 13.2 Å². The van der Waals surface area contributed by atoms with Crippen molar-refractivity contribution in [2.24, 2.45) is 5.73 Å². The van der Waals surface area contributed by atoms with Crippen molar-refractivity contribution >= 4 is 58.1 Å². The van der Waals surface area contributed by atoms with Gasteiger partial charge in [-0.05, 0) is 36.8 Å². The summed E-state index contributed by atoms with van der Waals surface area (Å²) in [5, 5.41) is -0.0598. The number of fused-ring (bicyclic) bond motifs is 1. The summed E-state index contributed by atoms with van der Waals surface area (Å²) in [6.45, 7) is 2.46. The molecule has 0 fully saturated rings. The Morgan fingerprint density at radius 1 is 1.18 bits per heavy atom. The molecule has 190 valence electrons. The number of hydrogen-bond donors (Lipinski definition) is 1. The lowest BCUT2D eigenvalue weighted by molar-refractivity contribution is 0.0131. The van der Waals surface area contributed by atoms with Crippen molar-refractivity contribution in [2.75, 3.05) is 12.8 Å². The van der Waals surface area contributed by atoms with Crippen LogP contribution in [0.3, 0.4) is 0 Å². The van der Waals surface area contributed by atoms with Crippen LogP contribution in [-0.2, 0) is 28.7 Å². The molecule has 6 nitrogen and oxygen atoms in total. The maximum absolute atomic E-state index is 14.2. The third-order valence-corrected chi connectivity index (χ3v) is 5.95. The molecule has 34 heavy (non-hydrogen) atoms. The van der Waals surface area contributed by atoms with Crippen molar-refractivity contribution in [3.63, 3.8) is 0 Å². The van der Waals surface area contributed by atoms with E-state index in [1.165, 1.54) is 30.5 Å². The first kappa shape index (κ1) is 32.1. The van der Waals surface area contributed by atoms with Crippen LogP contribution in [0.5, 0.6) is 0 Å². The van der Waals surface area contributed by atoms with E-state index in [-0.39, 0.29) is 67.5 Å². The molecular weight excluding hydrogens is 536 g/mol. The van der Waals surface area contributed by atoms with Crippen LogP contribution in [0.25, 0.3) is 11.0 Å². The molecule has 0 aliphatic carbocycles. The van der Waals surface area contributed by atoms with Gasteiger partial charge in [0.2, 0.25) is 0 Å². The number of allylic oxidation sites excluding steroid dienone is 1. The van der Waals surface area contributed by atoms with Crippen LogP contribution in [0, 0.1) is 6.92 Å². The molecule has 0 atom stereocenters. The van der Waals surface area contributed by atoms with Crippen LogP contribution >= 0.6 is 37.2 Å². The molecule has 0 aliphatic heterocycles. The molecule has 0 aromatic carbocycles. The van der Waals surface area contributed by atoms with E-state index in [0.29, 0.717) is 27.9 Å². The topological polar surface area (TPSA) is 90.9 Å². The largest absolute Gasteiger partial charge is 0.336 e. The Morgan fingerprint density at radius 2 is 1.82 bits per heavy atom. The highest BCUT2D eigenvalue weighted by molar-refractivity contribution is 7.90. The summed E-state index contributed by atoms with van der Waals surface area (Å²) in [6.07, 6.45) is 4.00. The Labute approximate surface area is 215 Å². The molecule has 13 heteroatoms. The number of nitrogens with zero attached hydrogens (tertiary/aromatic N) is 3. The highest BCUT2D eigenvalue weighted by Gasteiger charge is 2.28. The standard InChI is InChI=1S/C21H23F3N4O2S.3ClH/c1-13-16(10-14-4-7-19(26-11-14)31(3,29)30)20-17(28(13)12-15(22)8-9-25)5-6-18(27-20)21(2,23)24;;;/h4-8,11H,9-10,12,25H2,1-3H3;3*1H/b15-8-;;;. The lowest BCUT2D eigenvalue weighted by Gasteiger charge is -2.10. The number of pyridine rings is 2. The molecule has 2 N–H and O–H groups in total. The van der Waals surface area contributed by atoms with Gasteiger partial charge in [-0.2, -0.15) is 8.78 Å². The van der Waals surface area contributed by atoms with Crippen molar-refractivity contribution < 1.29 is 21.6 Å². The predicted molar refractivity (Wildman–Crippen MR) is 134 cm³/mol. The summed E-state index contributed by atoms with van der Waals surface area (Å²) in [7, 11) is -3.44. The van der Waals surface area contributed by atoms with Crippen molar-refractivity contribution in [1.82, 2.24) is 14.5 Å². The first-order chi connectivity index (χ1) is 14.4. The van der Waals surface area contributed by atoms with E-state index in [1.54, 1.807) is 17.6 Å². The number of halogens is 6. The van der Waals surface area contributed by atoms with Gasteiger partial charge in [-0.25, -0.2) is 22.8 Å². The fourth-order valence-corrected chi connectivity index (χ4v) is 3.91. The second kappa shape index (κ2) is 12.2. The summed E-state index contributed by atoms with van der Waals surface area (Å²) in [5.74, 6) is -3.58. The maximum Gasteiger partial charge on any atom is 0.286 e. The van der Waals surface area contributed by atoms with Gasteiger partial charge in [-0.15, -0.1) is 37.2 Å². The van der Waals surface area contributed by atoms with E-state index in [0.717, 1.165) is 13.2 Å². The predicted octanol–water partition coefficient (Wildman–Crippen LogP) is 4.92. The van der Waals surface area contributed by atoms with Gasteiger partial charge in [0.05, 0.1) is 17.6 Å². The highest BCUT2D eigenvalue weighted by atomic mass is 35.5.